The van der Waals surface area contributed by atoms with Crippen LogP contribution in [0.2, 0.25) is 0 Å². The van der Waals surface area contributed by atoms with Gasteiger partial charge in [0.2, 0.25) is 0 Å². The Morgan fingerprint density at radius 2 is 2.17 bits per heavy atom. The van der Waals surface area contributed by atoms with Crippen LogP contribution >= 0.6 is 0 Å². The third-order valence-electron chi connectivity index (χ3n) is 5.12. The van der Waals surface area contributed by atoms with E-state index >= 15 is 0 Å². The molecule has 3 aromatic rings. The van der Waals surface area contributed by atoms with Crippen molar-refractivity contribution >= 4 is 11.7 Å². The number of imidazole rings is 1. The summed E-state index contributed by atoms with van der Waals surface area (Å²) >= 11 is 0. The van der Waals surface area contributed by atoms with Gasteiger partial charge in [-0.2, -0.15) is 0 Å². The smallest absolute Gasteiger partial charge is 0.251 e. The summed E-state index contributed by atoms with van der Waals surface area (Å²) in [4.78, 5) is 27.1. The second kappa shape index (κ2) is 8.40. The number of hydrogen-bond donors (Lipinski definition) is 2. The van der Waals surface area contributed by atoms with E-state index in [-0.39, 0.29) is 12.5 Å². The minimum atomic E-state index is -1.00. The van der Waals surface area contributed by atoms with Crippen LogP contribution in [0.25, 0.3) is 0 Å². The van der Waals surface area contributed by atoms with Crippen LogP contribution in [0.15, 0.2) is 61.6 Å². The molecule has 8 heteroatoms. The number of hydrogen-bond acceptors (Lipinski definition) is 6. The molecule has 29 heavy (non-hydrogen) atoms. The number of β-amino-alcohol motifs (C(OH)–C–C–N with tert-alkyl or cyclic N) is 1. The maximum Gasteiger partial charge on any atom is 0.251 e. The van der Waals surface area contributed by atoms with Crippen LogP contribution in [0.5, 0.6) is 0 Å². The van der Waals surface area contributed by atoms with E-state index in [1.807, 2.05) is 33.9 Å². The van der Waals surface area contributed by atoms with Crippen molar-refractivity contribution in [2.75, 3.05) is 24.5 Å². The first-order valence-electron chi connectivity index (χ1n) is 9.68. The molecule has 1 fully saturated rings. The number of piperidine rings is 1. The summed E-state index contributed by atoms with van der Waals surface area (Å²) < 4.78 is 1.95. The molecule has 1 aliphatic heterocycles. The summed E-state index contributed by atoms with van der Waals surface area (Å²) in [6.45, 7) is 2.06. The first kappa shape index (κ1) is 19.1. The van der Waals surface area contributed by atoms with Gasteiger partial charge < -0.3 is 19.9 Å². The van der Waals surface area contributed by atoms with Crippen LogP contribution in [0.1, 0.15) is 28.8 Å². The predicted molar refractivity (Wildman–Crippen MR) is 109 cm³/mol. The van der Waals surface area contributed by atoms with Gasteiger partial charge in [-0.25, -0.2) is 9.97 Å². The number of nitrogens with one attached hydrogen (secondary N) is 1. The highest BCUT2D eigenvalue weighted by molar-refractivity contribution is 5.94. The second-order valence-electron chi connectivity index (χ2n) is 7.43. The van der Waals surface area contributed by atoms with E-state index in [2.05, 4.69) is 20.3 Å². The first-order valence-corrected chi connectivity index (χ1v) is 9.68. The van der Waals surface area contributed by atoms with E-state index in [1.54, 1.807) is 37.2 Å². The Morgan fingerprint density at radius 3 is 2.97 bits per heavy atom. The zero-order chi connectivity index (χ0) is 20.1. The number of aromatic nitrogens is 4. The lowest BCUT2D eigenvalue weighted by Crippen LogP contribution is -2.54. The summed E-state index contributed by atoms with van der Waals surface area (Å²) in [6.07, 6.45) is 11.8. The highest BCUT2D eigenvalue weighted by Crippen LogP contribution is 2.24. The van der Waals surface area contributed by atoms with Gasteiger partial charge in [-0.3, -0.25) is 9.78 Å². The molecular formula is C21H24N6O2. The molecule has 8 nitrogen and oxygen atoms in total. The maximum absolute atomic E-state index is 12.7. The van der Waals surface area contributed by atoms with Crippen LogP contribution in [0, 0.1) is 0 Å². The number of carbonyl (C=O) groups is 1. The number of nitrogens with zero attached hydrogens (tertiary/aromatic N) is 5. The summed E-state index contributed by atoms with van der Waals surface area (Å²) in [5.41, 5.74) is 0.591. The van der Waals surface area contributed by atoms with Crippen molar-refractivity contribution < 1.29 is 9.90 Å². The summed E-state index contributed by atoms with van der Waals surface area (Å²) in [6, 6.07) is 7.49. The van der Waals surface area contributed by atoms with Crippen LogP contribution < -0.4 is 10.2 Å². The third-order valence-corrected chi connectivity index (χ3v) is 5.12. The lowest BCUT2D eigenvalue weighted by Gasteiger charge is -2.39. The van der Waals surface area contributed by atoms with Gasteiger partial charge in [0.25, 0.3) is 5.91 Å². The van der Waals surface area contributed by atoms with Gasteiger partial charge in [-0.05, 0) is 30.5 Å². The van der Waals surface area contributed by atoms with Gasteiger partial charge in [-0.15, -0.1) is 0 Å². The van der Waals surface area contributed by atoms with E-state index in [1.165, 1.54) is 0 Å². The molecule has 4 rings (SSSR count). The van der Waals surface area contributed by atoms with Gasteiger partial charge in [-0.1, -0.05) is 12.1 Å². The number of anilines is 1. The summed E-state index contributed by atoms with van der Waals surface area (Å²) in [5, 5.41) is 13.9. The first-order chi connectivity index (χ1) is 14.1. The van der Waals surface area contributed by atoms with Crippen molar-refractivity contribution in [3.8, 4) is 0 Å². The molecule has 2 aromatic heterocycles. The number of carbonyl (C=O) groups excluding carboxylic acids is 1. The number of amides is 1. The Kier molecular flexibility index (Phi) is 5.53. The lowest BCUT2D eigenvalue weighted by molar-refractivity contribution is 0.0254. The number of aliphatic hydroxyl groups is 1. The predicted octanol–water partition coefficient (Wildman–Crippen LogP) is 1.48. The average Bonchev–Trinajstić information content (AvgIpc) is 3.26. The highest BCUT2D eigenvalue weighted by Gasteiger charge is 2.34. The van der Waals surface area contributed by atoms with Crippen LogP contribution in [-0.2, 0) is 6.54 Å². The van der Waals surface area contributed by atoms with Gasteiger partial charge in [0.1, 0.15) is 5.82 Å². The fraction of sp³-hybridized carbons (Fsp3) is 0.333. The Morgan fingerprint density at radius 1 is 1.24 bits per heavy atom. The van der Waals surface area contributed by atoms with Crippen molar-refractivity contribution in [3.63, 3.8) is 0 Å². The van der Waals surface area contributed by atoms with Crippen molar-refractivity contribution in [3.05, 3.63) is 72.7 Å². The van der Waals surface area contributed by atoms with Crippen molar-refractivity contribution in [2.45, 2.75) is 25.0 Å². The molecule has 0 bridgehead atoms. The molecule has 0 radical (unpaired) electrons. The molecule has 1 saturated heterocycles. The average molecular weight is 392 g/mol. The Labute approximate surface area is 169 Å². The SMILES string of the molecule is O=C(NC[C@]1(O)CCCN(c2cnccn2)C1)c1cccc(Cn2ccnc2)c1. The zero-order valence-electron chi connectivity index (χ0n) is 16.1. The van der Waals surface area contributed by atoms with Crippen LogP contribution in [-0.4, -0.2) is 55.8 Å². The molecule has 1 amide bonds. The van der Waals surface area contributed by atoms with Gasteiger partial charge in [0.15, 0.2) is 0 Å². The number of rotatable bonds is 6. The minimum Gasteiger partial charge on any atom is -0.386 e. The second-order valence-corrected chi connectivity index (χ2v) is 7.43. The monoisotopic (exact) mass is 392 g/mol. The Bertz CT molecular complexity index is 947. The Hall–Kier alpha value is -3.26. The molecule has 1 atom stereocenters. The quantitative estimate of drug-likeness (QED) is 0.660. The minimum absolute atomic E-state index is 0.189. The van der Waals surface area contributed by atoms with E-state index in [4.69, 9.17) is 0 Å². The molecule has 3 heterocycles. The molecule has 0 aliphatic carbocycles. The fourth-order valence-corrected chi connectivity index (χ4v) is 3.66. The Balaban J connectivity index is 1.37. The van der Waals surface area contributed by atoms with Gasteiger partial charge >= 0.3 is 0 Å². The molecule has 1 aliphatic rings. The largest absolute Gasteiger partial charge is 0.386 e. The van der Waals surface area contributed by atoms with Crippen molar-refractivity contribution in [2.24, 2.45) is 0 Å². The maximum atomic E-state index is 12.7. The van der Waals surface area contributed by atoms with Crippen LogP contribution in [0.3, 0.4) is 0 Å². The molecule has 2 N–H and O–H groups in total. The number of benzene rings is 1. The van der Waals surface area contributed by atoms with E-state index < -0.39 is 5.60 Å². The van der Waals surface area contributed by atoms with Crippen LogP contribution in [0.4, 0.5) is 5.82 Å². The lowest BCUT2D eigenvalue weighted by atomic mass is 9.92. The topological polar surface area (TPSA) is 96.2 Å². The zero-order valence-corrected chi connectivity index (χ0v) is 16.1. The molecular weight excluding hydrogens is 368 g/mol. The van der Waals surface area contributed by atoms with Crippen molar-refractivity contribution in [1.82, 2.24) is 24.8 Å². The van der Waals surface area contributed by atoms with Crippen molar-refractivity contribution in [1.29, 1.82) is 0 Å². The van der Waals surface area contributed by atoms with E-state index in [0.717, 1.165) is 24.3 Å². The van der Waals surface area contributed by atoms with Gasteiger partial charge in [0, 0.05) is 56.5 Å². The molecule has 0 unspecified atom stereocenters. The normalized spacial score (nSPS) is 19.1. The van der Waals surface area contributed by atoms with E-state index in [9.17, 15) is 9.90 Å². The molecule has 0 spiro atoms. The highest BCUT2D eigenvalue weighted by atomic mass is 16.3. The fourth-order valence-electron chi connectivity index (χ4n) is 3.66. The molecule has 150 valence electrons. The molecule has 1 aromatic carbocycles. The third kappa shape index (κ3) is 4.78. The van der Waals surface area contributed by atoms with E-state index in [0.29, 0.717) is 25.1 Å². The standard InChI is InChI=1S/C21H24N6O2/c28-20(18-4-1-3-17(11-18)13-26-10-8-23-16-26)25-14-21(29)5-2-9-27(15-21)19-12-22-6-7-24-19/h1,3-4,6-8,10-12,16,29H,2,5,9,13-15H2,(H,25,28)/t21-/m1/s1. The summed E-state index contributed by atoms with van der Waals surface area (Å²) in [5.74, 6) is 0.548. The molecule has 0 saturated carbocycles. The summed E-state index contributed by atoms with van der Waals surface area (Å²) in [7, 11) is 0. The van der Waals surface area contributed by atoms with Gasteiger partial charge in [0.05, 0.1) is 18.1 Å².